The monoisotopic (exact) mass is 383 g/mol. The molecule has 1 aromatic carbocycles. The topological polar surface area (TPSA) is 70.5 Å². The van der Waals surface area contributed by atoms with Crippen molar-refractivity contribution < 1.29 is 9.59 Å². The van der Waals surface area contributed by atoms with Gasteiger partial charge in [0.05, 0.1) is 31.0 Å². The molecule has 0 bridgehead atoms. The zero-order chi connectivity index (χ0) is 20.5. The third kappa shape index (κ3) is 4.35. The number of rotatable bonds is 3. The second-order valence-electron chi connectivity index (χ2n) is 8.46. The lowest BCUT2D eigenvalue weighted by Gasteiger charge is -2.29. The molecule has 1 aromatic heterocycles. The molecule has 7 nitrogen and oxygen atoms in total. The summed E-state index contributed by atoms with van der Waals surface area (Å²) in [5, 5.41) is 7.48. The van der Waals surface area contributed by atoms with Gasteiger partial charge in [-0.25, -0.2) is 4.79 Å². The number of carbonyl (C=O) groups excluding carboxylic acids is 2. The molecular formula is C21H29N5O2. The van der Waals surface area contributed by atoms with E-state index in [0.717, 1.165) is 11.4 Å². The van der Waals surface area contributed by atoms with Crippen molar-refractivity contribution in [3.63, 3.8) is 0 Å². The number of hydrogen-bond acceptors (Lipinski definition) is 3. The lowest BCUT2D eigenvalue weighted by Crippen LogP contribution is -2.43. The Morgan fingerprint density at radius 2 is 1.82 bits per heavy atom. The predicted molar refractivity (Wildman–Crippen MR) is 108 cm³/mol. The van der Waals surface area contributed by atoms with Crippen LogP contribution < -0.4 is 5.32 Å². The van der Waals surface area contributed by atoms with Gasteiger partial charge < -0.3 is 15.1 Å². The summed E-state index contributed by atoms with van der Waals surface area (Å²) >= 11 is 0. The van der Waals surface area contributed by atoms with Crippen LogP contribution in [0.5, 0.6) is 0 Å². The van der Waals surface area contributed by atoms with Crippen LogP contribution in [0.25, 0.3) is 0 Å². The van der Waals surface area contributed by atoms with Crippen LogP contribution in [0.4, 0.5) is 4.79 Å². The summed E-state index contributed by atoms with van der Waals surface area (Å²) in [7, 11) is 3.51. The highest BCUT2D eigenvalue weighted by Gasteiger charge is 2.23. The number of aromatic nitrogens is 2. The summed E-state index contributed by atoms with van der Waals surface area (Å²) in [4.78, 5) is 28.0. The fraction of sp³-hybridized carbons (Fsp3) is 0.476. The van der Waals surface area contributed by atoms with Gasteiger partial charge in [-0.2, -0.15) is 5.10 Å². The van der Waals surface area contributed by atoms with Gasteiger partial charge in [-0.15, -0.1) is 0 Å². The molecule has 0 atom stereocenters. The Labute approximate surface area is 166 Å². The minimum absolute atomic E-state index is 0.000932. The molecule has 3 rings (SSSR count). The quantitative estimate of drug-likeness (QED) is 0.886. The van der Waals surface area contributed by atoms with Crippen molar-refractivity contribution in [2.45, 2.75) is 45.8 Å². The van der Waals surface area contributed by atoms with Crippen LogP contribution in [0.2, 0.25) is 0 Å². The van der Waals surface area contributed by atoms with E-state index in [1.54, 1.807) is 23.9 Å². The molecule has 1 aliphatic rings. The van der Waals surface area contributed by atoms with Gasteiger partial charge in [0, 0.05) is 26.2 Å². The molecule has 2 heterocycles. The Kier molecular flexibility index (Phi) is 5.45. The standard InChI is InChI=1S/C21H29N5O2/c1-21(2,3)16-8-6-15(7-9-16)19(27)22-13-17-12-18-14-25(20(28)24(4)5)10-11-26(18)23-17/h6-9,12H,10-11,13-14H2,1-5H3,(H,22,27). The maximum absolute atomic E-state index is 12.4. The average molecular weight is 383 g/mol. The van der Waals surface area contributed by atoms with Gasteiger partial charge in [0.25, 0.3) is 5.91 Å². The second-order valence-corrected chi connectivity index (χ2v) is 8.46. The summed E-state index contributed by atoms with van der Waals surface area (Å²) in [5.74, 6) is -0.115. The summed E-state index contributed by atoms with van der Waals surface area (Å²) in [5.41, 5.74) is 3.68. The number of nitrogens with one attached hydrogen (secondary N) is 1. The molecule has 2 aromatic rings. The van der Waals surface area contributed by atoms with E-state index in [9.17, 15) is 9.59 Å². The van der Waals surface area contributed by atoms with Gasteiger partial charge in [-0.05, 0) is 29.2 Å². The van der Waals surface area contributed by atoms with Crippen molar-refractivity contribution in [2.75, 3.05) is 20.6 Å². The third-order valence-electron chi connectivity index (χ3n) is 4.94. The van der Waals surface area contributed by atoms with Crippen LogP contribution in [0.15, 0.2) is 30.3 Å². The second kappa shape index (κ2) is 7.66. The molecule has 0 saturated heterocycles. The zero-order valence-electron chi connectivity index (χ0n) is 17.3. The summed E-state index contributed by atoms with van der Waals surface area (Å²) in [6, 6.07) is 9.68. The Hall–Kier alpha value is -2.83. The van der Waals surface area contributed by atoms with Gasteiger partial charge in [-0.1, -0.05) is 32.9 Å². The van der Waals surface area contributed by atoms with Crippen LogP contribution in [0, 0.1) is 0 Å². The number of carbonyl (C=O) groups is 2. The first kappa shape index (κ1) is 19.9. The molecule has 0 unspecified atom stereocenters. The van der Waals surface area contributed by atoms with E-state index in [1.807, 2.05) is 35.0 Å². The SMILES string of the molecule is CN(C)C(=O)N1CCn2nc(CNC(=O)c3ccc(C(C)(C)C)cc3)cc2C1. The van der Waals surface area contributed by atoms with Crippen molar-refractivity contribution in [1.82, 2.24) is 24.9 Å². The Balaban J connectivity index is 1.60. The average Bonchev–Trinajstić information content (AvgIpc) is 3.06. The van der Waals surface area contributed by atoms with E-state index in [4.69, 9.17) is 0 Å². The first-order chi connectivity index (χ1) is 13.1. The lowest BCUT2D eigenvalue weighted by molar-refractivity contribution is 0.0950. The smallest absolute Gasteiger partial charge is 0.319 e. The van der Waals surface area contributed by atoms with Crippen LogP contribution in [0.1, 0.15) is 48.1 Å². The number of nitrogens with zero attached hydrogens (tertiary/aromatic N) is 4. The van der Waals surface area contributed by atoms with Crippen molar-refractivity contribution in [3.8, 4) is 0 Å². The number of benzene rings is 1. The van der Waals surface area contributed by atoms with E-state index >= 15 is 0 Å². The van der Waals surface area contributed by atoms with E-state index < -0.39 is 0 Å². The highest BCUT2D eigenvalue weighted by Crippen LogP contribution is 2.22. The molecule has 1 N–H and O–H groups in total. The van der Waals surface area contributed by atoms with Crippen molar-refractivity contribution in [1.29, 1.82) is 0 Å². The van der Waals surface area contributed by atoms with E-state index in [0.29, 0.717) is 31.7 Å². The van der Waals surface area contributed by atoms with Gasteiger partial charge in [0.15, 0.2) is 0 Å². The van der Waals surface area contributed by atoms with E-state index in [2.05, 4.69) is 31.2 Å². The van der Waals surface area contributed by atoms with E-state index in [-0.39, 0.29) is 17.4 Å². The van der Waals surface area contributed by atoms with E-state index in [1.165, 1.54) is 5.56 Å². The fourth-order valence-corrected chi connectivity index (χ4v) is 3.25. The number of hydrogen-bond donors (Lipinski definition) is 1. The van der Waals surface area contributed by atoms with Gasteiger partial charge in [0.1, 0.15) is 0 Å². The summed E-state index contributed by atoms with van der Waals surface area (Å²) < 4.78 is 1.92. The van der Waals surface area contributed by atoms with Gasteiger partial charge >= 0.3 is 6.03 Å². The first-order valence-electron chi connectivity index (χ1n) is 9.56. The summed E-state index contributed by atoms with van der Waals surface area (Å²) in [6.07, 6.45) is 0. The predicted octanol–water partition coefficient (Wildman–Crippen LogP) is 2.61. The maximum atomic E-state index is 12.4. The van der Waals surface area contributed by atoms with Crippen molar-refractivity contribution in [2.24, 2.45) is 0 Å². The fourth-order valence-electron chi connectivity index (χ4n) is 3.25. The maximum Gasteiger partial charge on any atom is 0.319 e. The minimum atomic E-state index is -0.115. The van der Waals surface area contributed by atoms with Crippen molar-refractivity contribution in [3.05, 3.63) is 52.8 Å². The molecule has 1 aliphatic heterocycles. The molecular weight excluding hydrogens is 354 g/mol. The van der Waals surface area contributed by atoms with Crippen LogP contribution in [0.3, 0.4) is 0 Å². The lowest BCUT2D eigenvalue weighted by atomic mass is 9.87. The molecule has 0 spiro atoms. The van der Waals surface area contributed by atoms with Gasteiger partial charge in [-0.3, -0.25) is 9.48 Å². The molecule has 0 radical (unpaired) electrons. The Morgan fingerprint density at radius 1 is 1.14 bits per heavy atom. The number of amides is 3. The molecule has 28 heavy (non-hydrogen) atoms. The molecule has 7 heteroatoms. The highest BCUT2D eigenvalue weighted by molar-refractivity contribution is 5.94. The third-order valence-corrected chi connectivity index (χ3v) is 4.94. The zero-order valence-corrected chi connectivity index (χ0v) is 17.3. The number of fused-ring (bicyclic) bond motifs is 1. The normalized spacial score (nSPS) is 13.8. The molecule has 0 fully saturated rings. The molecule has 3 amide bonds. The molecule has 0 saturated carbocycles. The van der Waals surface area contributed by atoms with Crippen LogP contribution in [-0.4, -0.2) is 52.2 Å². The van der Waals surface area contributed by atoms with Crippen LogP contribution in [-0.2, 0) is 25.0 Å². The molecule has 0 aliphatic carbocycles. The number of urea groups is 1. The largest absolute Gasteiger partial charge is 0.346 e. The summed E-state index contributed by atoms with van der Waals surface area (Å²) in [6.45, 7) is 8.64. The van der Waals surface area contributed by atoms with Gasteiger partial charge in [0.2, 0.25) is 0 Å². The highest BCUT2D eigenvalue weighted by atomic mass is 16.2. The minimum Gasteiger partial charge on any atom is -0.346 e. The molecule has 150 valence electrons. The first-order valence-corrected chi connectivity index (χ1v) is 9.56. The Morgan fingerprint density at radius 3 is 2.43 bits per heavy atom. The van der Waals surface area contributed by atoms with Crippen LogP contribution >= 0.6 is 0 Å². The Bertz CT molecular complexity index is 862. The van der Waals surface area contributed by atoms with Crippen molar-refractivity contribution >= 4 is 11.9 Å².